The van der Waals surface area contributed by atoms with Gasteiger partial charge in [0.25, 0.3) is 0 Å². The van der Waals surface area contributed by atoms with Gasteiger partial charge in [0.2, 0.25) is 0 Å². The molecule has 0 radical (unpaired) electrons. The molecule has 0 saturated carbocycles. The van der Waals surface area contributed by atoms with Crippen LogP contribution in [0.3, 0.4) is 0 Å². The van der Waals surface area contributed by atoms with Gasteiger partial charge >= 0.3 is 0 Å². The van der Waals surface area contributed by atoms with E-state index in [1.165, 1.54) is 18.4 Å². The highest BCUT2D eigenvalue weighted by Gasteiger charge is 1.94. The van der Waals surface area contributed by atoms with Crippen LogP contribution in [0.1, 0.15) is 25.3 Å². The molecule has 1 rings (SSSR count). The quantitative estimate of drug-likeness (QED) is 0.567. The molecule has 0 aliphatic rings. The van der Waals surface area contributed by atoms with E-state index in [1.807, 2.05) is 12.1 Å². The summed E-state index contributed by atoms with van der Waals surface area (Å²) in [6.07, 6.45) is 4.22. The Balaban J connectivity index is 0.00000256. The number of ether oxygens (including phenoxy) is 1. The maximum absolute atomic E-state index is 5.41. The lowest BCUT2D eigenvalue weighted by Crippen LogP contribution is -2.14. The maximum Gasteiger partial charge on any atom is 0.119 e. The van der Waals surface area contributed by atoms with Gasteiger partial charge in [-0.05, 0) is 30.7 Å². The van der Waals surface area contributed by atoms with Crippen molar-refractivity contribution in [2.45, 2.75) is 26.3 Å². The predicted molar refractivity (Wildman–Crippen MR) is 76.0 cm³/mol. The number of rotatable bonds is 8. The Morgan fingerprint density at radius 3 is 2.59 bits per heavy atom. The van der Waals surface area contributed by atoms with Crippen LogP contribution in [0.25, 0.3) is 0 Å². The highest BCUT2D eigenvalue weighted by molar-refractivity contribution is 5.85. The Hall–Kier alpha value is -0.990. The van der Waals surface area contributed by atoms with Crippen LogP contribution in [-0.4, -0.2) is 13.2 Å². The van der Waals surface area contributed by atoms with Crippen molar-refractivity contribution in [1.29, 1.82) is 0 Å². The molecular formula is C14H22ClNO. The fourth-order valence-electron chi connectivity index (χ4n) is 1.39. The predicted octanol–water partition coefficient (Wildman–Crippen LogP) is 3.56. The SMILES string of the molecule is C=CCOc1ccc(CNCCCC)cc1.Cl. The molecule has 0 saturated heterocycles. The first-order valence-corrected chi connectivity index (χ1v) is 5.90. The molecule has 1 aromatic carbocycles. The van der Waals surface area contributed by atoms with Crippen LogP contribution < -0.4 is 10.1 Å². The molecule has 1 aromatic rings. The van der Waals surface area contributed by atoms with Crippen molar-refractivity contribution in [3.63, 3.8) is 0 Å². The van der Waals surface area contributed by atoms with E-state index in [0.717, 1.165) is 18.8 Å². The second-order valence-corrected chi connectivity index (χ2v) is 3.77. The monoisotopic (exact) mass is 255 g/mol. The van der Waals surface area contributed by atoms with Crippen molar-refractivity contribution in [2.75, 3.05) is 13.2 Å². The van der Waals surface area contributed by atoms with Gasteiger partial charge < -0.3 is 10.1 Å². The normalized spacial score (nSPS) is 9.47. The summed E-state index contributed by atoms with van der Waals surface area (Å²) in [4.78, 5) is 0. The number of nitrogens with one attached hydrogen (secondary N) is 1. The summed E-state index contributed by atoms with van der Waals surface area (Å²) >= 11 is 0. The van der Waals surface area contributed by atoms with E-state index in [1.54, 1.807) is 6.08 Å². The Morgan fingerprint density at radius 1 is 1.29 bits per heavy atom. The fourth-order valence-corrected chi connectivity index (χ4v) is 1.39. The first kappa shape index (κ1) is 16.0. The first-order valence-electron chi connectivity index (χ1n) is 5.90. The third-order valence-electron chi connectivity index (χ3n) is 2.33. The van der Waals surface area contributed by atoms with Gasteiger partial charge in [-0.2, -0.15) is 0 Å². The molecule has 0 amide bonds. The molecule has 0 bridgehead atoms. The van der Waals surface area contributed by atoms with Crippen LogP contribution in [-0.2, 0) is 6.54 Å². The summed E-state index contributed by atoms with van der Waals surface area (Å²) in [5.41, 5.74) is 1.29. The molecule has 0 spiro atoms. The van der Waals surface area contributed by atoms with Crippen molar-refractivity contribution >= 4 is 12.4 Å². The minimum atomic E-state index is 0. The molecule has 0 aliphatic carbocycles. The minimum Gasteiger partial charge on any atom is -0.490 e. The van der Waals surface area contributed by atoms with Gasteiger partial charge in [0.15, 0.2) is 0 Å². The van der Waals surface area contributed by atoms with E-state index >= 15 is 0 Å². The molecular weight excluding hydrogens is 234 g/mol. The molecule has 0 fully saturated rings. The van der Waals surface area contributed by atoms with Crippen LogP contribution in [0.2, 0.25) is 0 Å². The van der Waals surface area contributed by atoms with E-state index < -0.39 is 0 Å². The third-order valence-corrected chi connectivity index (χ3v) is 2.33. The lowest BCUT2D eigenvalue weighted by Gasteiger charge is -2.06. The zero-order chi connectivity index (χ0) is 11.6. The summed E-state index contributed by atoms with van der Waals surface area (Å²) in [5.74, 6) is 0.900. The summed E-state index contributed by atoms with van der Waals surface area (Å²) < 4.78 is 5.41. The topological polar surface area (TPSA) is 21.3 Å². The van der Waals surface area contributed by atoms with Crippen molar-refractivity contribution in [2.24, 2.45) is 0 Å². The summed E-state index contributed by atoms with van der Waals surface area (Å²) in [5, 5.41) is 3.41. The third kappa shape index (κ3) is 7.03. The largest absolute Gasteiger partial charge is 0.490 e. The molecule has 0 atom stereocenters. The Bertz CT molecular complexity index is 298. The van der Waals surface area contributed by atoms with Gasteiger partial charge in [-0.3, -0.25) is 0 Å². The zero-order valence-corrected chi connectivity index (χ0v) is 11.3. The van der Waals surface area contributed by atoms with Crippen LogP contribution in [0, 0.1) is 0 Å². The number of halogens is 1. The fraction of sp³-hybridized carbons (Fsp3) is 0.429. The van der Waals surface area contributed by atoms with Gasteiger partial charge in [0.05, 0.1) is 0 Å². The van der Waals surface area contributed by atoms with Gasteiger partial charge in [-0.15, -0.1) is 12.4 Å². The number of unbranched alkanes of at least 4 members (excludes halogenated alkanes) is 1. The van der Waals surface area contributed by atoms with Gasteiger partial charge in [0.1, 0.15) is 12.4 Å². The van der Waals surface area contributed by atoms with E-state index in [2.05, 4.69) is 31.0 Å². The smallest absolute Gasteiger partial charge is 0.119 e. The molecule has 1 N–H and O–H groups in total. The van der Waals surface area contributed by atoms with Crippen LogP contribution in [0.4, 0.5) is 0 Å². The minimum absolute atomic E-state index is 0. The Kier molecular flexibility index (Phi) is 9.59. The van der Waals surface area contributed by atoms with Crippen LogP contribution in [0.15, 0.2) is 36.9 Å². The highest BCUT2D eigenvalue weighted by Crippen LogP contribution is 2.11. The van der Waals surface area contributed by atoms with Crippen LogP contribution in [0.5, 0.6) is 5.75 Å². The summed E-state index contributed by atoms with van der Waals surface area (Å²) in [6.45, 7) is 8.40. The molecule has 3 heteroatoms. The lowest BCUT2D eigenvalue weighted by molar-refractivity contribution is 0.363. The molecule has 0 aliphatic heterocycles. The van der Waals surface area contributed by atoms with Crippen LogP contribution >= 0.6 is 12.4 Å². The molecule has 0 heterocycles. The molecule has 2 nitrogen and oxygen atoms in total. The second-order valence-electron chi connectivity index (χ2n) is 3.77. The summed E-state index contributed by atoms with van der Waals surface area (Å²) in [7, 11) is 0. The van der Waals surface area contributed by atoms with Gasteiger partial charge in [-0.1, -0.05) is 38.1 Å². The molecule has 17 heavy (non-hydrogen) atoms. The summed E-state index contributed by atoms with van der Waals surface area (Å²) in [6, 6.07) is 8.19. The highest BCUT2D eigenvalue weighted by atomic mass is 35.5. The first-order chi connectivity index (χ1) is 7.86. The zero-order valence-electron chi connectivity index (χ0n) is 10.4. The average molecular weight is 256 g/mol. The maximum atomic E-state index is 5.41. The molecule has 0 unspecified atom stereocenters. The number of hydrogen-bond acceptors (Lipinski definition) is 2. The molecule has 0 aromatic heterocycles. The van der Waals surface area contributed by atoms with Gasteiger partial charge in [-0.25, -0.2) is 0 Å². The van der Waals surface area contributed by atoms with Crippen molar-refractivity contribution in [3.05, 3.63) is 42.5 Å². The van der Waals surface area contributed by atoms with E-state index in [4.69, 9.17) is 4.74 Å². The second kappa shape index (κ2) is 10.2. The molecule has 96 valence electrons. The van der Waals surface area contributed by atoms with E-state index in [-0.39, 0.29) is 12.4 Å². The van der Waals surface area contributed by atoms with E-state index in [9.17, 15) is 0 Å². The van der Waals surface area contributed by atoms with Gasteiger partial charge in [0, 0.05) is 6.54 Å². The average Bonchev–Trinajstić information content (AvgIpc) is 2.33. The number of benzene rings is 1. The number of hydrogen-bond donors (Lipinski definition) is 1. The van der Waals surface area contributed by atoms with Crippen molar-refractivity contribution in [1.82, 2.24) is 5.32 Å². The van der Waals surface area contributed by atoms with Crippen molar-refractivity contribution < 1.29 is 4.74 Å². The van der Waals surface area contributed by atoms with E-state index in [0.29, 0.717) is 6.61 Å². The lowest BCUT2D eigenvalue weighted by atomic mass is 10.2. The Labute approximate surface area is 110 Å². The Morgan fingerprint density at radius 2 is 2.00 bits per heavy atom. The van der Waals surface area contributed by atoms with Crippen molar-refractivity contribution in [3.8, 4) is 5.75 Å². The standard InChI is InChI=1S/C14H21NO.ClH/c1-3-5-10-15-12-13-6-8-14(9-7-13)16-11-4-2;/h4,6-9,15H,2-3,5,10-12H2,1H3;1H.